The number of carbonyl (C=O) groups is 1. The van der Waals surface area contributed by atoms with Gasteiger partial charge in [0.25, 0.3) is 0 Å². The fraction of sp³-hybridized carbons (Fsp3) is 0.150. The van der Waals surface area contributed by atoms with Crippen LogP contribution in [0.25, 0.3) is 0 Å². The van der Waals surface area contributed by atoms with E-state index in [4.69, 9.17) is 0 Å². The van der Waals surface area contributed by atoms with Crippen molar-refractivity contribution in [3.63, 3.8) is 0 Å². The number of methoxy groups -OCH3 is 1. The van der Waals surface area contributed by atoms with Gasteiger partial charge in [0, 0.05) is 6.08 Å². The third-order valence-electron chi connectivity index (χ3n) is 3.84. The normalized spacial score (nSPS) is 12.8. The van der Waals surface area contributed by atoms with Crippen LogP contribution in [0.4, 0.5) is 0 Å². The Morgan fingerprint density at radius 2 is 1.79 bits per heavy atom. The second-order valence-corrected chi connectivity index (χ2v) is 5.17. The smallest absolute Gasteiger partial charge is 0.330 e. The number of rotatable bonds is 5. The van der Waals surface area contributed by atoms with Gasteiger partial charge >= 0.3 is 5.97 Å². The third-order valence-corrected chi connectivity index (χ3v) is 3.84. The molecule has 0 aliphatic heterocycles. The predicted octanol–water partition coefficient (Wildman–Crippen LogP) is 3.49. The zero-order valence-corrected chi connectivity index (χ0v) is 13.3. The summed E-state index contributed by atoms with van der Waals surface area (Å²) in [7, 11) is 1.30. The second-order valence-electron chi connectivity index (χ2n) is 5.17. The van der Waals surface area contributed by atoms with Gasteiger partial charge in [0.1, 0.15) is 5.41 Å². The summed E-state index contributed by atoms with van der Waals surface area (Å²) in [6.07, 6.45) is 3.15. The summed E-state index contributed by atoms with van der Waals surface area (Å²) in [5.74, 6) is -0.483. The molecule has 0 aromatic heterocycles. The Hall–Kier alpha value is -3.37. The molecule has 2 aromatic carbocycles. The van der Waals surface area contributed by atoms with Crippen LogP contribution in [0.2, 0.25) is 0 Å². The summed E-state index contributed by atoms with van der Waals surface area (Å²) in [5, 5.41) is 19.4. The van der Waals surface area contributed by atoms with Gasteiger partial charge in [-0.3, -0.25) is 0 Å². The van der Waals surface area contributed by atoms with Gasteiger partial charge in [0.15, 0.2) is 0 Å². The molecule has 0 spiro atoms. The zero-order chi connectivity index (χ0) is 17.4. The second kappa shape index (κ2) is 7.76. The Balaban J connectivity index is 2.61. The number of nitriles is 2. The van der Waals surface area contributed by atoms with E-state index in [9.17, 15) is 15.3 Å². The van der Waals surface area contributed by atoms with Crippen LogP contribution in [0.5, 0.6) is 0 Å². The molecule has 24 heavy (non-hydrogen) atoms. The number of hydrogen-bond donors (Lipinski definition) is 0. The lowest BCUT2D eigenvalue weighted by Crippen LogP contribution is -2.26. The average Bonchev–Trinajstić information content (AvgIpc) is 2.66. The summed E-state index contributed by atoms with van der Waals surface area (Å²) in [5.41, 5.74) is 0.771. The maximum absolute atomic E-state index is 11.3. The minimum Gasteiger partial charge on any atom is -0.466 e. The molecule has 0 aliphatic carbocycles. The molecule has 2 aromatic rings. The highest BCUT2D eigenvalue weighted by Crippen LogP contribution is 2.37. The maximum Gasteiger partial charge on any atom is 0.330 e. The molecule has 1 unspecified atom stereocenters. The number of benzene rings is 2. The van der Waals surface area contributed by atoms with Crippen LogP contribution < -0.4 is 0 Å². The standard InChI is InChI=1S/C20H16N2O2/c1-24-19(23)12-7-13-20(15-22,17-9-3-2-4-10-17)18-11-6-5-8-16(18)14-21/h2-12H,13H2,1H3/b12-7+. The molecule has 0 bridgehead atoms. The molecule has 0 saturated heterocycles. The van der Waals surface area contributed by atoms with Gasteiger partial charge in [-0.15, -0.1) is 0 Å². The SMILES string of the molecule is COC(=O)/C=C/CC(C#N)(c1ccccc1)c1ccccc1C#N. The average molecular weight is 316 g/mol. The quantitative estimate of drug-likeness (QED) is 0.625. The molecular weight excluding hydrogens is 300 g/mol. The summed E-state index contributed by atoms with van der Waals surface area (Å²) in [4.78, 5) is 11.3. The monoisotopic (exact) mass is 316 g/mol. The summed E-state index contributed by atoms with van der Waals surface area (Å²) in [6.45, 7) is 0. The van der Waals surface area contributed by atoms with Crippen LogP contribution in [0.3, 0.4) is 0 Å². The van der Waals surface area contributed by atoms with Crippen molar-refractivity contribution in [2.45, 2.75) is 11.8 Å². The molecule has 1 atom stereocenters. The highest BCUT2D eigenvalue weighted by Gasteiger charge is 2.35. The van der Waals surface area contributed by atoms with Crippen LogP contribution >= 0.6 is 0 Å². The summed E-state index contributed by atoms with van der Waals surface area (Å²) < 4.78 is 4.59. The van der Waals surface area contributed by atoms with E-state index in [0.717, 1.165) is 5.56 Å². The van der Waals surface area contributed by atoms with Crippen molar-refractivity contribution in [1.82, 2.24) is 0 Å². The highest BCUT2D eigenvalue weighted by molar-refractivity contribution is 5.81. The minimum absolute atomic E-state index is 0.251. The topological polar surface area (TPSA) is 73.9 Å². The molecule has 0 fully saturated rings. The molecule has 0 saturated carbocycles. The number of nitrogens with zero attached hydrogens (tertiary/aromatic N) is 2. The van der Waals surface area contributed by atoms with E-state index in [1.807, 2.05) is 30.3 Å². The van der Waals surface area contributed by atoms with Crippen molar-refractivity contribution in [3.05, 3.63) is 83.4 Å². The van der Waals surface area contributed by atoms with Crippen molar-refractivity contribution in [2.75, 3.05) is 7.11 Å². The fourth-order valence-corrected chi connectivity index (χ4v) is 2.63. The first-order valence-corrected chi connectivity index (χ1v) is 7.39. The van der Waals surface area contributed by atoms with Crippen LogP contribution in [-0.2, 0) is 14.9 Å². The van der Waals surface area contributed by atoms with E-state index in [1.54, 1.807) is 30.3 Å². The van der Waals surface area contributed by atoms with E-state index < -0.39 is 11.4 Å². The Kier molecular flexibility index (Phi) is 5.49. The molecule has 0 N–H and O–H groups in total. The van der Waals surface area contributed by atoms with Crippen molar-refractivity contribution in [2.24, 2.45) is 0 Å². The fourth-order valence-electron chi connectivity index (χ4n) is 2.63. The Labute approximate surface area is 141 Å². The molecular formula is C20H16N2O2. The van der Waals surface area contributed by atoms with E-state index in [1.165, 1.54) is 13.2 Å². The highest BCUT2D eigenvalue weighted by atomic mass is 16.5. The van der Waals surface area contributed by atoms with Gasteiger partial charge < -0.3 is 4.74 Å². The Morgan fingerprint density at radius 3 is 2.42 bits per heavy atom. The lowest BCUT2D eigenvalue weighted by molar-refractivity contribution is -0.134. The maximum atomic E-state index is 11.3. The van der Waals surface area contributed by atoms with Gasteiger partial charge in [0.2, 0.25) is 0 Å². The van der Waals surface area contributed by atoms with Crippen LogP contribution in [0.1, 0.15) is 23.1 Å². The van der Waals surface area contributed by atoms with Gasteiger partial charge in [-0.05, 0) is 23.6 Å². The number of allylic oxidation sites excluding steroid dienone is 1. The molecule has 0 aliphatic rings. The number of carbonyl (C=O) groups excluding carboxylic acids is 1. The third kappa shape index (κ3) is 3.34. The first kappa shape index (κ1) is 17.0. The van der Waals surface area contributed by atoms with Crippen molar-refractivity contribution in [1.29, 1.82) is 10.5 Å². The Bertz CT molecular complexity index is 829. The summed E-state index contributed by atoms with van der Waals surface area (Å²) in [6, 6.07) is 20.8. The van der Waals surface area contributed by atoms with Crippen molar-refractivity contribution >= 4 is 5.97 Å². The van der Waals surface area contributed by atoms with E-state index in [-0.39, 0.29) is 6.42 Å². The van der Waals surface area contributed by atoms with Crippen molar-refractivity contribution in [3.8, 4) is 12.1 Å². The lowest BCUT2D eigenvalue weighted by Gasteiger charge is -2.27. The van der Waals surface area contributed by atoms with Gasteiger partial charge in [-0.2, -0.15) is 10.5 Å². The molecule has 118 valence electrons. The van der Waals surface area contributed by atoms with Crippen LogP contribution in [0.15, 0.2) is 66.7 Å². The summed E-state index contributed by atoms with van der Waals surface area (Å²) >= 11 is 0. The van der Waals surface area contributed by atoms with E-state index >= 15 is 0 Å². The van der Waals surface area contributed by atoms with E-state index in [2.05, 4.69) is 16.9 Å². The van der Waals surface area contributed by atoms with E-state index in [0.29, 0.717) is 11.1 Å². The molecule has 0 heterocycles. The first-order chi connectivity index (χ1) is 11.7. The molecule has 0 amide bonds. The van der Waals surface area contributed by atoms with Gasteiger partial charge in [-0.25, -0.2) is 4.79 Å². The largest absolute Gasteiger partial charge is 0.466 e. The number of esters is 1. The molecule has 4 heteroatoms. The molecule has 0 radical (unpaired) electrons. The molecule has 4 nitrogen and oxygen atoms in total. The van der Waals surface area contributed by atoms with Gasteiger partial charge in [0.05, 0.1) is 24.8 Å². The Morgan fingerprint density at radius 1 is 1.12 bits per heavy atom. The number of ether oxygens (including phenoxy) is 1. The molecule has 2 rings (SSSR count). The van der Waals surface area contributed by atoms with Crippen molar-refractivity contribution < 1.29 is 9.53 Å². The first-order valence-electron chi connectivity index (χ1n) is 7.39. The predicted molar refractivity (Wildman–Crippen MR) is 89.8 cm³/mol. The minimum atomic E-state index is -1.06. The van der Waals surface area contributed by atoms with Crippen LogP contribution in [0, 0.1) is 22.7 Å². The van der Waals surface area contributed by atoms with Crippen LogP contribution in [-0.4, -0.2) is 13.1 Å². The lowest BCUT2D eigenvalue weighted by atomic mass is 9.71. The number of hydrogen-bond acceptors (Lipinski definition) is 4. The zero-order valence-electron chi connectivity index (χ0n) is 13.3. The van der Waals surface area contributed by atoms with Gasteiger partial charge in [-0.1, -0.05) is 54.6 Å².